The average molecular weight is 539 g/mol. The van der Waals surface area contributed by atoms with Crippen molar-refractivity contribution in [1.82, 2.24) is 5.32 Å². The van der Waals surface area contributed by atoms with E-state index in [0.29, 0.717) is 23.2 Å². The van der Waals surface area contributed by atoms with Crippen molar-refractivity contribution in [3.8, 4) is 17.2 Å². The summed E-state index contributed by atoms with van der Waals surface area (Å²) in [7, 11) is -2.20. The third-order valence-corrected chi connectivity index (χ3v) is 6.55. The summed E-state index contributed by atoms with van der Waals surface area (Å²) in [5.74, 6) is -0.732. The van der Waals surface area contributed by atoms with Gasteiger partial charge >= 0.3 is 7.82 Å². The Hall–Kier alpha value is -3.91. The molecule has 3 aromatic rings. The fraction of sp³-hybridized carbons (Fsp3) is 0.179. The number of allylic oxidation sites excluding steroid dienone is 2. The lowest BCUT2D eigenvalue weighted by Gasteiger charge is -2.16. The molecule has 3 N–H and O–H groups in total. The van der Waals surface area contributed by atoms with Crippen LogP contribution in [0.5, 0.6) is 17.2 Å². The highest BCUT2D eigenvalue weighted by molar-refractivity contribution is 7.46. The number of phosphoric ester groups is 1. The van der Waals surface area contributed by atoms with E-state index >= 15 is 0 Å². The molecule has 0 atom stereocenters. The van der Waals surface area contributed by atoms with Crippen molar-refractivity contribution in [3.63, 3.8) is 0 Å². The van der Waals surface area contributed by atoms with Crippen LogP contribution in [0.3, 0.4) is 0 Å². The first-order valence-electron chi connectivity index (χ1n) is 11.6. The highest BCUT2D eigenvalue weighted by Gasteiger charge is 2.27. The van der Waals surface area contributed by atoms with Gasteiger partial charge in [0.2, 0.25) is 11.7 Å². The number of fused-ring (bicyclic) bond motifs is 1. The predicted molar refractivity (Wildman–Crippen MR) is 142 cm³/mol. The number of halogens is 1. The Kier molecular flexibility index (Phi) is 8.02. The molecule has 4 rings (SSSR count). The first-order chi connectivity index (χ1) is 18.1. The molecule has 0 unspecified atom stereocenters. The van der Waals surface area contributed by atoms with E-state index in [1.54, 1.807) is 18.2 Å². The minimum absolute atomic E-state index is 0.0546. The Morgan fingerprint density at radius 2 is 1.66 bits per heavy atom. The Morgan fingerprint density at radius 3 is 2.26 bits per heavy atom. The Bertz CT molecular complexity index is 1450. The minimum atomic E-state index is -4.87. The number of carbonyl (C=O) groups excluding carboxylic acids is 1. The monoisotopic (exact) mass is 539 g/mol. The van der Waals surface area contributed by atoms with Crippen LogP contribution in [-0.2, 0) is 15.9 Å². The van der Waals surface area contributed by atoms with Gasteiger partial charge in [-0.25, -0.2) is 8.96 Å². The van der Waals surface area contributed by atoms with Gasteiger partial charge in [-0.3, -0.25) is 14.6 Å². The van der Waals surface area contributed by atoms with Crippen molar-refractivity contribution < 1.29 is 37.5 Å². The summed E-state index contributed by atoms with van der Waals surface area (Å²) in [4.78, 5) is 31.4. The first kappa shape index (κ1) is 27.1. The second-order valence-corrected chi connectivity index (χ2v) is 9.79. The smallest absolute Gasteiger partial charge is 0.493 e. The van der Waals surface area contributed by atoms with E-state index in [1.165, 1.54) is 26.4 Å². The van der Waals surface area contributed by atoms with Gasteiger partial charge < -0.3 is 19.3 Å². The molecule has 0 aliphatic heterocycles. The molecule has 1 aliphatic rings. The van der Waals surface area contributed by atoms with Gasteiger partial charge in [0.1, 0.15) is 5.82 Å². The van der Waals surface area contributed by atoms with Gasteiger partial charge in [-0.2, -0.15) is 0 Å². The topological polar surface area (TPSA) is 114 Å². The lowest BCUT2D eigenvalue weighted by molar-refractivity contribution is -0.120. The lowest BCUT2D eigenvalue weighted by Crippen LogP contribution is -2.22. The molecule has 0 radical (unpaired) electrons. The summed E-state index contributed by atoms with van der Waals surface area (Å²) in [5, 5.41) is 2.91. The van der Waals surface area contributed by atoms with E-state index in [4.69, 9.17) is 14.0 Å². The number of carbonyl (C=O) groups is 1. The van der Waals surface area contributed by atoms with Crippen molar-refractivity contribution in [3.05, 3.63) is 94.3 Å². The van der Waals surface area contributed by atoms with Gasteiger partial charge in [-0.05, 0) is 76.2 Å². The van der Waals surface area contributed by atoms with E-state index in [2.05, 4.69) is 5.32 Å². The quantitative estimate of drug-likeness (QED) is 0.314. The molecule has 0 aromatic heterocycles. The van der Waals surface area contributed by atoms with E-state index in [-0.39, 0.29) is 29.6 Å². The predicted octanol–water partition coefficient (Wildman–Crippen LogP) is 5.35. The van der Waals surface area contributed by atoms with Crippen molar-refractivity contribution in [2.75, 3.05) is 14.2 Å². The molecule has 10 heteroatoms. The third kappa shape index (κ3) is 6.14. The van der Waals surface area contributed by atoms with Crippen LogP contribution in [0.25, 0.3) is 17.2 Å². The molecule has 1 aliphatic carbocycles. The average Bonchev–Trinajstić information content (AvgIpc) is 3.12. The summed E-state index contributed by atoms with van der Waals surface area (Å²) < 4.78 is 41.1. The molecule has 0 heterocycles. The van der Waals surface area contributed by atoms with E-state index in [9.17, 15) is 23.5 Å². The van der Waals surface area contributed by atoms with Crippen LogP contribution in [0.15, 0.2) is 66.2 Å². The van der Waals surface area contributed by atoms with Crippen molar-refractivity contribution in [1.29, 1.82) is 0 Å². The summed E-state index contributed by atoms with van der Waals surface area (Å²) in [6.07, 6.45) is 1.88. The summed E-state index contributed by atoms with van der Waals surface area (Å²) in [6.45, 7) is 2.25. The van der Waals surface area contributed by atoms with E-state index in [0.717, 1.165) is 22.3 Å². The number of methoxy groups -OCH3 is 2. The zero-order valence-electron chi connectivity index (χ0n) is 21.0. The first-order valence-corrected chi connectivity index (χ1v) is 13.2. The lowest BCUT2D eigenvalue weighted by atomic mass is 10.00. The highest BCUT2D eigenvalue weighted by atomic mass is 31.2. The molecule has 0 saturated heterocycles. The Labute approximate surface area is 219 Å². The van der Waals surface area contributed by atoms with Crippen LogP contribution in [-0.4, -0.2) is 29.9 Å². The molecule has 0 saturated carbocycles. The van der Waals surface area contributed by atoms with Crippen molar-refractivity contribution in [2.24, 2.45) is 0 Å². The van der Waals surface area contributed by atoms with Crippen LogP contribution < -0.4 is 19.3 Å². The second-order valence-electron chi connectivity index (χ2n) is 8.63. The molecule has 0 fully saturated rings. The fourth-order valence-electron chi connectivity index (χ4n) is 4.36. The molecular formula is C28H27FNO7P. The van der Waals surface area contributed by atoms with Crippen LogP contribution in [0.1, 0.15) is 35.6 Å². The maximum absolute atomic E-state index is 14.2. The highest BCUT2D eigenvalue weighted by Crippen LogP contribution is 2.49. The number of phosphoric acid groups is 1. The van der Waals surface area contributed by atoms with Gasteiger partial charge in [0.25, 0.3) is 0 Å². The number of hydrogen-bond acceptors (Lipinski definition) is 5. The normalized spacial score (nSPS) is 13.9. The maximum atomic E-state index is 14.2. The van der Waals surface area contributed by atoms with Gasteiger partial charge in [0.15, 0.2) is 11.5 Å². The van der Waals surface area contributed by atoms with Gasteiger partial charge in [-0.1, -0.05) is 36.4 Å². The zero-order valence-corrected chi connectivity index (χ0v) is 21.9. The zero-order chi connectivity index (χ0) is 27.4. The van der Waals surface area contributed by atoms with Gasteiger partial charge in [0.05, 0.1) is 20.6 Å². The number of ether oxygens (including phenoxy) is 2. The standard InChI is InChI=1S/C28H27FNO7P/c1-17-22(11-19-12-25(35-2)28(26(13-19)36-3)37-38(32,33)34)21-10-9-20(29)14-24(21)23(17)15-27(31)30-16-18-7-5-4-6-8-18/h4-14H,15-16H2,1-3H3,(H,30,31)(H2,32,33,34). The molecule has 1 amide bonds. The summed E-state index contributed by atoms with van der Waals surface area (Å²) >= 11 is 0. The van der Waals surface area contributed by atoms with E-state index < -0.39 is 13.6 Å². The summed E-state index contributed by atoms with van der Waals surface area (Å²) in [5.41, 5.74) is 5.20. The number of rotatable bonds is 9. The summed E-state index contributed by atoms with van der Waals surface area (Å²) in [6, 6.07) is 17.1. The Morgan fingerprint density at radius 1 is 1.00 bits per heavy atom. The molecule has 198 valence electrons. The SMILES string of the molecule is COc1cc(C=C2C(C)=C(CC(=O)NCc3ccccc3)c3cc(F)ccc32)cc(OC)c1OP(=O)(O)O. The van der Waals surface area contributed by atoms with Crippen molar-refractivity contribution in [2.45, 2.75) is 19.9 Å². The molecule has 0 spiro atoms. The Balaban J connectivity index is 1.70. The number of hydrogen-bond donors (Lipinski definition) is 3. The number of benzene rings is 3. The van der Waals surface area contributed by atoms with Gasteiger partial charge in [-0.15, -0.1) is 0 Å². The molecule has 38 heavy (non-hydrogen) atoms. The van der Waals surface area contributed by atoms with Gasteiger partial charge in [0, 0.05) is 6.54 Å². The minimum Gasteiger partial charge on any atom is -0.493 e. The molecule has 3 aromatic carbocycles. The van der Waals surface area contributed by atoms with Crippen molar-refractivity contribution >= 4 is 31.0 Å². The van der Waals surface area contributed by atoms with Crippen LogP contribution in [0.4, 0.5) is 4.39 Å². The molecular weight excluding hydrogens is 512 g/mol. The van der Waals surface area contributed by atoms with Crippen LogP contribution in [0, 0.1) is 5.82 Å². The third-order valence-electron chi connectivity index (χ3n) is 6.13. The molecule has 8 nitrogen and oxygen atoms in total. The second kappa shape index (κ2) is 11.2. The maximum Gasteiger partial charge on any atom is 0.525 e. The molecule has 0 bridgehead atoms. The fourth-order valence-corrected chi connectivity index (χ4v) is 4.78. The largest absolute Gasteiger partial charge is 0.525 e. The number of nitrogens with one attached hydrogen (secondary N) is 1. The number of amides is 1. The van der Waals surface area contributed by atoms with Crippen LogP contribution >= 0.6 is 7.82 Å². The van der Waals surface area contributed by atoms with E-state index in [1.807, 2.05) is 43.3 Å². The van der Waals surface area contributed by atoms with Crippen LogP contribution in [0.2, 0.25) is 0 Å².